The van der Waals surface area contributed by atoms with Crippen molar-refractivity contribution in [3.63, 3.8) is 0 Å². The van der Waals surface area contributed by atoms with Crippen LogP contribution in [0.3, 0.4) is 0 Å². The van der Waals surface area contributed by atoms with Gasteiger partial charge in [0.05, 0.1) is 12.6 Å². The minimum atomic E-state index is 0.497. The molecule has 0 radical (unpaired) electrons. The highest BCUT2D eigenvalue weighted by atomic mass is 16.5. The van der Waals surface area contributed by atoms with E-state index in [0.717, 1.165) is 32.7 Å². The minimum Gasteiger partial charge on any atom is -0.380 e. The maximum Gasteiger partial charge on any atom is 0.0668 e. The second-order valence-corrected chi connectivity index (χ2v) is 4.25. The highest BCUT2D eigenvalue weighted by Gasteiger charge is 2.19. The van der Waals surface area contributed by atoms with Crippen molar-refractivity contribution >= 4 is 5.69 Å². The van der Waals surface area contributed by atoms with Crippen molar-refractivity contribution in [1.82, 2.24) is 5.32 Å². The van der Waals surface area contributed by atoms with E-state index in [0.29, 0.717) is 6.04 Å². The maximum absolute atomic E-state index is 5.37. The molecule has 1 fully saturated rings. The Bertz CT molecular complexity index is 359. The van der Waals surface area contributed by atoms with Crippen LogP contribution in [0, 0.1) is 0 Å². The SMILES string of the molecule is c1cc2c(c(N[C@H]3CCOC3)c1)CNC2. The number of anilines is 1. The Morgan fingerprint density at radius 1 is 1.33 bits per heavy atom. The molecule has 2 aliphatic rings. The zero-order chi connectivity index (χ0) is 10.1. The van der Waals surface area contributed by atoms with Crippen molar-refractivity contribution in [2.24, 2.45) is 0 Å². The molecule has 1 aromatic carbocycles. The molecule has 0 aromatic heterocycles. The summed E-state index contributed by atoms with van der Waals surface area (Å²) in [5, 5.41) is 6.96. The van der Waals surface area contributed by atoms with Gasteiger partial charge in [-0.2, -0.15) is 0 Å². The number of hydrogen-bond acceptors (Lipinski definition) is 3. The zero-order valence-corrected chi connectivity index (χ0v) is 8.75. The van der Waals surface area contributed by atoms with Crippen LogP contribution in [0.2, 0.25) is 0 Å². The van der Waals surface area contributed by atoms with Gasteiger partial charge in [-0.3, -0.25) is 0 Å². The molecule has 0 amide bonds. The van der Waals surface area contributed by atoms with Crippen LogP contribution in [0.1, 0.15) is 17.5 Å². The van der Waals surface area contributed by atoms with E-state index in [1.807, 2.05) is 0 Å². The van der Waals surface area contributed by atoms with Crippen molar-refractivity contribution < 1.29 is 4.74 Å². The number of rotatable bonds is 2. The molecule has 1 aromatic rings. The van der Waals surface area contributed by atoms with Crippen molar-refractivity contribution in [1.29, 1.82) is 0 Å². The molecular weight excluding hydrogens is 188 g/mol. The topological polar surface area (TPSA) is 33.3 Å². The van der Waals surface area contributed by atoms with Crippen LogP contribution in [-0.2, 0) is 17.8 Å². The Morgan fingerprint density at radius 3 is 3.20 bits per heavy atom. The van der Waals surface area contributed by atoms with E-state index in [-0.39, 0.29) is 0 Å². The van der Waals surface area contributed by atoms with Crippen LogP contribution >= 0.6 is 0 Å². The lowest BCUT2D eigenvalue weighted by Gasteiger charge is -2.15. The molecule has 3 rings (SSSR count). The lowest BCUT2D eigenvalue weighted by molar-refractivity contribution is 0.195. The molecule has 2 N–H and O–H groups in total. The van der Waals surface area contributed by atoms with Crippen LogP contribution in [0.15, 0.2) is 18.2 Å². The van der Waals surface area contributed by atoms with E-state index in [1.54, 1.807) is 0 Å². The monoisotopic (exact) mass is 204 g/mol. The van der Waals surface area contributed by atoms with Crippen LogP contribution in [0.5, 0.6) is 0 Å². The predicted molar refractivity (Wildman–Crippen MR) is 59.8 cm³/mol. The third-order valence-electron chi connectivity index (χ3n) is 3.18. The van der Waals surface area contributed by atoms with Gasteiger partial charge in [0.15, 0.2) is 0 Å². The van der Waals surface area contributed by atoms with Crippen LogP contribution < -0.4 is 10.6 Å². The Balaban J connectivity index is 1.82. The Morgan fingerprint density at radius 2 is 2.33 bits per heavy atom. The highest BCUT2D eigenvalue weighted by Crippen LogP contribution is 2.25. The summed E-state index contributed by atoms with van der Waals surface area (Å²) in [6.07, 6.45) is 1.12. The molecule has 80 valence electrons. The lowest BCUT2D eigenvalue weighted by atomic mass is 10.1. The first-order valence-corrected chi connectivity index (χ1v) is 5.59. The van der Waals surface area contributed by atoms with Gasteiger partial charge in [0.2, 0.25) is 0 Å². The van der Waals surface area contributed by atoms with Gasteiger partial charge in [0, 0.05) is 25.4 Å². The van der Waals surface area contributed by atoms with Gasteiger partial charge in [0.1, 0.15) is 0 Å². The molecule has 2 aliphatic heterocycles. The second-order valence-electron chi connectivity index (χ2n) is 4.25. The normalized spacial score (nSPS) is 24.1. The average Bonchev–Trinajstić information content (AvgIpc) is 2.87. The van der Waals surface area contributed by atoms with Crippen LogP contribution in [0.25, 0.3) is 0 Å². The molecule has 2 heterocycles. The highest BCUT2D eigenvalue weighted by molar-refractivity contribution is 5.56. The third-order valence-corrected chi connectivity index (χ3v) is 3.18. The Hall–Kier alpha value is -1.06. The van der Waals surface area contributed by atoms with Gasteiger partial charge in [0.25, 0.3) is 0 Å². The van der Waals surface area contributed by atoms with Crippen molar-refractivity contribution in [3.8, 4) is 0 Å². The van der Waals surface area contributed by atoms with Gasteiger partial charge < -0.3 is 15.4 Å². The van der Waals surface area contributed by atoms with E-state index in [9.17, 15) is 0 Å². The summed E-state index contributed by atoms with van der Waals surface area (Å²) < 4.78 is 5.37. The van der Waals surface area contributed by atoms with Gasteiger partial charge in [-0.1, -0.05) is 12.1 Å². The smallest absolute Gasteiger partial charge is 0.0668 e. The second kappa shape index (κ2) is 3.83. The molecule has 0 saturated carbocycles. The fraction of sp³-hybridized carbons (Fsp3) is 0.500. The number of benzene rings is 1. The van der Waals surface area contributed by atoms with Crippen LogP contribution in [0.4, 0.5) is 5.69 Å². The largest absolute Gasteiger partial charge is 0.380 e. The maximum atomic E-state index is 5.37. The fourth-order valence-corrected chi connectivity index (χ4v) is 2.33. The fourth-order valence-electron chi connectivity index (χ4n) is 2.33. The summed E-state index contributed by atoms with van der Waals surface area (Å²) in [4.78, 5) is 0. The molecule has 0 unspecified atom stereocenters. The summed E-state index contributed by atoms with van der Waals surface area (Å²) in [5.74, 6) is 0. The summed E-state index contributed by atoms with van der Waals surface area (Å²) in [6, 6.07) is 7.00. The summed E-state index contributed by atoms with van der Waals surface area (Å²) >= 11 is 0. The van der Waals surface area contributed by atoms with Crippen LogP contribution in [-0.4, -0.2) is 19.3 Å². The van der Waals surface area contributed by atoms with Gasteiger partial charge in [-0.15, -0.1) is 0 Å². The Kier molecular flexibility index (Phi) is 2.35. The zero-order valence-electron chi connectivity index (χ0n) is 8.75. The first kappa shape index (κ1) is 9.19. The number of nitrogens with one attached hydrogen (secondary N) is 2. The molecular formula is C12H16N2O. The standard InChI is InChI=1S/C12H16N2O/c1-2-9-6-13-7-11(9)12(3-1)14-10-4-5-15-8-10/h1-3,10,13-14H,4-8H2/t10-/m0/s1. The van der Waals surface area contributed by atoms with Crippen molar-refractivity contribution in [2.75, 3.05) is 18.5 Å². The minimum absolute atomic E-state index is 0.497. The van der Waals surface area contributed by atoms with Gasteiger partial charge >= 0.3 is 0 Å². The molecule has 0 bridgehead atoms. The Labute approximate surface area is 89.8 Å². The number of hydrogen-bond donors (Lipinski definition) is 2. The summed E-state index contributed by atoms with van der Waals surface area (Å²) in [7, 11) is 0. The quantitative estimate of drug-likeness (QED) is 0.765. The molecule has 1 saturated heterocycles. The van der Waals surface area contributed by atoms with Crippen molar-refractivity contribution in [2.45, 2.75) is 25.6 Å². The van der Waals surface area contributed by atoms with E-state index in [4.69, 9.17) is 4.74 Å². The molecule has 0 spiro atoms. The summed E-state index contributed by atoms with van der Waals surface area (Å²) in [6.45, 7) is 3.74. The van der Waals surface area contributed by atoms with E-state index < -0.39 is 0 Å². The van der Waals surface area contributed by atoms with E-state index in [2.05, 4.69) is 28.8 Å². The lowest BCUT2D eigenvalue weighted by Crippen LogP contribution is -2.19. The van der Waals surface area contributed by atoms with Gasteiger partial charge in [-0.25, -0.2) is 0 Å². The molecule has 1 atom stereocenters. The average molecular weight is 204 g/mol. The summed E-state index contributed by atoms with van der Waals surface area (Å²) in [5.41, 5.74) is 4.15. The number of fused-ring (bicyclic) bond motifs is 1. The van der Waals surface area contributed by atoms with Crippen molar-refractivity contribution in [3.05, 3.63) is 29.3 Å². The molecule has 3 heteroatoms. The molecule has 15 heavy (non-hydrogen) atoms. The van der Waals surface area contributed by atoms with Gasteiger partial charge in [-0.05, 0) is 23.6 Å². The molecule has 3 nitrogen and oxygen atoms in total. The first-order chi connectivity index (χ1) is 7.43. The predicted octanol–water partition coefficient (Wildman–Crippen LogP) is 1.49. The van der Waals surface area contributed by atoms with E-state index in [1.165, 1.54) is 16.8 Å². The third kappa shape index (κ3) is 1.73. The van der Waals surface area contributed by atoms with E-state index >= 15 is 0 Å². The first-order valence-electron chi connectivity index (χ1n) is 5.59. The molecule has 0 aliphatic carbocycles. The number of ether oxygens (including phenoxy) is 1.